The van der Waals surface area contributed by atoms with Gasteiger partial charge in [0.25, 0.3) is 0 Å². The zero-order valence-corrected chi connectivity index (χ0v) is 18.4. The summed E-state index contributed by atoms with van der Waals surface area (Å²) < 4.78 is 25.8. The predicted molar refractivity (Wildman–Crippen MR) is 116 cm³/mol. The Morgan fingerprint density at radius 2 is 1.86 bits per heavy atom. The lowest BCUT2D eigenvalue weighted by Crippen LogP contribution is -2.35. The number of carbonyl (C=O) groups is 2. The quantitative estimate of drug-likeness (QED) is 0.782. The van der Waals surface area contributed by atoms with Crippen molar-refractivity contribution in [3.8, 4) is 0 Å². The van der Waals surface area contributed by atoms with Gasteiger partial charge >= 0.3 is 0 Å². The molecular formula is C21H24N2O4S2. The maximum Gasteiger partial charge on any atom is 0.237 e. The normalized spacial score (nSPS) is 17.2. The molecule has 29 heavy (non-hydrogen) atoms. The number of nitrogens with one attached hydrogen (secondary N) is 1. The number of fused-ring (bicyclic) bond motifs is 1. The van der Waals surface area contributed by atoms with Crippen LogP contribution in [0.3, 0.4) is 0 Å². The van der Waals surface area contributed by atoms with E-state index in [-0.39, 0.29) is 27.7 Å². The van der Waals surface area contributed by atoms with Crippen molar-refractivity contribution in [3.63, 3.8) is 0 Å². The summed E-state index contributed by atoms with van der Waals surface area (Å²) in [6, 6.07) is 12.2. The van der Waals surface area contributed by atoms with Gasteiger partial charge in [0.15, 0.2) is 9.84 Å². The number of rotatable bonds is 5. The molecule has 0 fully saturated rings. The maximum atomic E-state index is 12.9. The lowest BCUT2D eigenvalue weighted by Gasteiger charge is -2.23. The summed E-state index contributed by atoms with van der Waals surface area (Å²) in [5, 5.41) is 2.52. The fourth-order valence-corrected chi connectivity index (χ4v) is 5.60. The molecule has 2 amide bonds. The monoisotopic (exact) mass is 432 g/mol. The summed E-state index contributed by atoms with van der Waals surface area (Å²) in [7, 11) is -2.06. The van der Waals surface area contributed by atoms with E-state index < -0.39 is 15.8 Å². The van der Waals surface area contributed by atoms with Crippen molar-refractivity contribution in [2.75, 3.05) is 23.0 Å². The van der Waals surface area contributed by atoms with Crippen LogP contribution in [0, 0.1) is 12.8 Å². The van der Waals surface area contributed by atoms with Crippen molar-refractivity contribution in [2.45, 2.75) is 35.8 Å². The Hall–Kier alpha value is -2.32. The van der Waals surface area contributed by atoms with Gasteiger partial charge in [-0.2, -0.15) is 0 Å². The largest absolute Gasteiger partial charge is 0.324 e. The third-order valence-electron chi connectivity index (χ3n) is 4.88. The van der Waals surface area contributed by atoms with Crippen molar-refractivity contribution in [3.05, 3.63) is 48.0 Å². The predicted octanol–water partition coefficient (Wildman–Crippen LogP) is 3.50. The van der Waals surface area contributed by atoms with Crippen LogP contribution in [-0.2, 0) is 19.4 Å². The van der Waals surface area contributed by atoms with Crippen LogP contribution in [-0.4, -0.2) is 38.3 Å². The highest BCUT2D eigenvalue weighted by atomic mass is 32.2. The van der Waals surface area contributed by atoms with Gasteiger partial charge in [-0.05, 0) is 44.2 Å². The second kappa shape index (κ2) is 8.20. The number of hydrogen-bond acceptors (Lipinski definition) is 5. The van der Waals surface area contributed by atoms with Crippen molar-refractivity contribution >= 4 is 44.8 Å². The lowest BCUT2D eigenvalue weighted by molar-refractivity contribution is -0.121. The zero-order chi connectivity index (χ0) is 21.3. The summed E-state index contributed by atoms with van der Waals surface area (Å²) in [6.45, 7) is 5.37. The van der Waals surface area contributed by atoms with E-state index in [1.807, 2.05) is 31.2 Å². The zero-order valence-electron chi connectivity index (χ0n) is 16.8. The summed E-state index contributed by atoms with van der Waals surface area (Å²) in [5.74, 6) is -1.45. The molecule has 0 spiro atoms. The first-order valence-electron chi connectivity index (χ1n) is 9.27. The molecule has 6 nitrogen and oxygen atoms in total. The molecule has 8 heteroatoms. The van der Waals surface area contributed by atoms with Crippen LogP contribution in [0.15, 0.2) is 52.3 Å². The molecule has 1 aliphatic heterocycles. The minimum Gasteiger partial charge on any atom is -0.324 e. The molecule has 1 N–H and O–H groups in total. The third-order valence-corrected chi connectivity index (χ3v) is 7.97. The number of nitrogens with zero attached hydrogens (tertiary/aromatic N) is 1. The summed E-state index contributed by atoms with van der Waals surface area (Å²) in [5.41, 5.74) is 2.29. The Morgan fingerprint density at radius 3 is 2.52 bits per heavy atom. The van der Waals surface area contributed by atoms with Gasteiger partial charge in [-0.25, -0.2) is 8.42 Å². The number of amides is 2. The number of anilines is 2. The Balaban J connectivity index is 1.76. The summed E-state index contributed by atoms with van der Waals surface area (Å²) in [4.78, 5) is 27.0. The van der Waals surface area contributed by atoms with Gasteiger partial charge in [0.2, 0.25) is 11.8 Å². The van der Waals surface area contributed by atoms with Crippen LogP contribution in [0.25, 0.3) is 0 Å². The first kappa shape index (κ1) is 21.4. The molecule has 2 atom stereocenters. The first-order valence-corrected chi connectivity index (χ1v) is 11.8. The standard InChI is InChI=1S/C21H24N2O4S2/c1-13-5-7-16(8-6-13)23(4)21(25)14(2)12-29(26,27)17-9-10-19-18(11-17)22-20(24)15(3)28-19/h5-11,14-15H,12H2,1-4H3,(H,22,24)/t14-,15+/m1/s1. The number of thioether (sulfide) groups is 1. The molecule has 1 aliphatic rings. The van der Waals surface area contributed by atoms with Crippen molar-refractivity contribution in [1.82, 2.24) is 0 Å². The number of sulfone groups is 1. The van der Waals surface area contributed by atoms with Gasteiger partial charge in [-0.3, -0.25) is 9.59 Å². The SMILES string of the molecule is Cc1ccc(N(C)C(=O)[C@H](C)CS(=O)(=O)c2ccc3c(c2)NC(=O)[C@H](C)S3)cc1. The fraction of sp³-hybridized carbons (Fsp3) is 0.333. The second-order valence-corrected chi connectivity index (χ2v) is 10.7. The van der Waals surface area contributed by atoms with Gasteiger partial charge in [0.1, 0.15) is 0 Å². The average molecular weight is 433 g/mol. The second-order valence-electron chi connectivity index (χ2n) is 7.32. The highest BCUT2D eigenvalue weighted by molar-refractivity contribution is 8.01. The van der Waals surface area contributed by atoms with Crippen molar-refractivity contribution in [2.24, 2.45) is 5.92 Å². The van der Waals surface area contributed by atoms with E-state index in [0.717, 1.165) is 10.5 Å². The highest BCUT2D eigenvalue weighted by Crippen LogP contribution is 2.37. The average Bonchev–Trinajstić information content (AvgIpc) is 2.67. The first-order chi connectivity index (χ1) is 13.6. The Labute approximate surface area is 175 Å². The van der Waals surface area contributed by atoms with E-state index in [9.17, 15) is 18.0 Å². The minimum atomic E-state index is -3.70. The molecule has 0 unspecified atom stereocenters. The molecule has 2 aromatic rings. The van der Waals surface area contributed by atoms with E-state index >= 15 is 0 Å². The molecular weight excluding hydrogens is 408 g/mol. The number of benzene rings is 2. The number of carbonyl (C=O) groups excluding carboxylic acids is 2. The van der Waals surface area contributed by atoms with Crippen LogP contribution in [0.4, 0.5) is 11.4 Å². The minimum absolute atomic E-state index is 0.101. The van der Waals surface area contributed by atoms with Crippen LogP contribution < -0.4 is 10.2 Å². The van der Waals surface area contributed by atoms with Gasteiger partial charge < -0.3 is 10.2 Å². The molecule has 0 aliphatic carbocycles. The van der Waals surface area contributed by atoms with E-state index in [0.29, 0.717) is 11.4 Å². The molecule has 0 saturated heterocycles. The maximum absolute atomic E-state index is 12.9. The molecule has 0 bridgehead atoms. The van der Waals surface area contributed by atoms with Crippen molar-refractivity contribution in [1.29, 1.82) is 0 Å². The Kier molecular flexibility index (Phi) is 6.05. The van der Waals surface area contributed by atoms with E-state index in [1.54, 1.807) is 27.0 Å². The van der Waals surface area contributed by atoms with Gasteiger partial charge in [0.05, 0.1) is 21.6 Å². The Morgan fingerprint density at radius 1 is 1.21 bits per heavy atom. The van der Waals surface area contributed by atoms with Crippen LogP contribution in [0.5, 0.6) is 0 Å². The molecule has 0 saturated carbocycles. The smallest absolute Gasteiger partial charge is 0.237 e. The molecule has 0 aromatic heterocycles. The molecule has 154 valence electrons. The van der Waals surface area contributed by atoms with Crippen molar-refractivity contribution < 1.29 is 18.0 Å². The summed E-state index contributed by atoms with van der Waals surface area (Å²) in [6.07, 6.45) is 0. The van der Waals surface area contributed by atoms with Gasteiger partial charge in [-0.15, -0.1) is 11.8 Å². The van der Waals surface area contributed by atoms with Crippen LogP contribution in [0.1, 0.15) is 19.4 Å². The molecule has 2 aromatic carbocycles. The molecule has 3 rings (SSSR count). The summed E-state index contributed by atoms with van der Waals surface area (Å²) >= 11 is 1.39. The lowest BCUT2D eigenvalue weighted by atomic mass is 10.1. The van der Waals surface area contributed by atoms with Crippen LogP contribution >= 0.6 is 11.8 Å². The van der Waals surface area contributed by atoms with E-state index in [1.165, 1.54) is 28.8 Å². The third kappa shape index (κ3) is 4.64. The fourth-order valence-electron chi connectivity index (χ4n) is 3.10. The Bertz CT molecular complexity index is 1050. The van der Waals surface area contributed by atoms with Gasteiger partial charge in [0, 0.05) is 23.5 Å². The number of hydrogen-bond donors (Lipinski definition) is 1. The van der Waals surface area contributed by atoms with Gasteiger partial charge in [-0.1, -0.05) is 24.6 Å². The number of aryl methyl sites for hydroxylation is 1. The highest BCUT2D eigenvalue weighted by Gasteiger charge is 2.28. The van der Waals surface area contributed by atoms with E-state index in [2.05, 4.69) is 5.32 Å². The van der Waals surface area contributed by atoms with Crippen LogP contribution in [0.2, 0.25) is 0 Å². The molecule has 1 heterocycles. The topological polar surface area (TPSA) is 83.6 Å². The molecule has 0 radical (unpaired) electrons. The van der Waals surface area contributed by atoms with E-state index in [4.69, 9.17) is 0 Å².